The maximum Gasteiger partial charge on any atom is 0.330 e. The lowest BCUT2D eigenvalue weighted by Gasteiger charge is -2.03. The first-order valence-electron chi connectivity index (χ1n) is 8.52. The van der Waals surface area contributed by atoms with Crippen LogP contribution in [0.15, 0.2) is 60.7 Å². The molecular formula is C22H22O4. The predicted octanol–water partition coefficient (Wildman–Crippen LogP) is 4.51. The third kappa shape index (κ3) is 6.06. The summed E-state index contributed by atoms with van der Waals surface area (Å²) in [5.74, 6) is -0.689. The van der Waals surface area contributed by atoms with Gasteiger partial charge in [0.1, 0.15) is 0 Å². The molecule has 0 spiro atoms. The Labute approximate surface area is 153 Å². The van der Waals surface area contributed by atoms with Crippen LogP contribution in [0.25, 0.3) is 23.3 Å². The molecule has 2 rings (SSSR count). The maximum absolute atomic E-state index is 11.3. The zero-order valence-electron chi connectivity index (χ0n) is 15.0. The van der Waals surface area contributed by atoms with Crippen LogP contribution < -0.4 is 0 Å². The lowest BCUT2D eigenvalue weighted by atomic mass is 10.0. The topological polar surface area (TPSA) is 52.6 Å². The van der Waals surface area contributed by atoms with E-state index in [9.17, 15) is 9.59 Å². The van der Waals surface area contributed by atoms with Crippen molar-refractivity contribution in [1.82, 2.24) is 0 Å². The summed E-state index contributed by atoms with van der Waals surface area (Å²) < 4.78 is 9.71. The molecule has 2 aromatic rings. The second kappa shape index (κ2) is 9.99. The SMILES string of the molecule is CCOC(=O)/C=C/c1ccc(-c2ccc(/C=C/C(=O)OCC)cc2)cc1. The van der Waals surface area contributed by atoms with E-state index >= 15 is 0 Å². The van der Waals surface area contributed by atoms with E-state index in [4.69, 9.17) is 9.47 Å². The zero-order chi connectivity index (χ0) is 18.8. The minimum atomic E-state index is -0.344. The molecule has 0 aromatic heterocycles. The highest BCUT2D eigenvalue weighted by atomic mass is 16.5. The van der Waals surface area contributed by atoms with E-state index in [-0.39, 0.29) is 11.9 Å². The van der Waals surface area contributed by atoms with Gasteiger partial charge in [0.25, 0.3) is 0 Å². The molecule has 0 aliphatic carbocycles. The standard InChI is InChI=1S/C22H22O4/c1-3-25-21(23)15-9-17-5-11-19(12-6-17)20-13-7-18(8-14-20)10-16-22(24)26-4-2/h5-16H,3-4H2,1-2H3/b15-9+,16-10+. The van der Waals surface area contributed by atoms with Crippen molar-refractivity contribution in [2.45, 2.75) is 13.8 Å². The van der Waals surface area contributed by atoms with E-state index < -0.39 is 0 Å². The van der Waals surface area contributed by atoms with Crippen molar-refractivity contribution in [1.29, 1.82) is 0 Å². The summed E-state index contributed by atoms with van der Waals surface area (Å²) in [6, 6.07) is 15.8. The van der Waals surface area contributed by atoms with Gasteiger partial charge in [-0.3, -0.25) is 0 Å². The molecule has 2 aromatic carbocycles. The van der Waals surface area contributed by atoms with Gasteiger partial charge in [-0.25, -0.2) is 9.59 Å². The van der Waals surface area contributed by atoms with Gasteiger partial charge < -0.3 is 9.47 Å². The fourth-order valence-corrected chi connectivity index (χ4v) is 2.28. The van der Waals surface area contributed by atoms with E-state index in [0.717, 1.165) is 22.3 Å². The molecule has 134 valence electrons. The average Bonchev–Trinajstić information content (AvgIpc) is 2.66. The van der Waals surface area contributed by atoms with Gasteiger partial charge in [-0.2, -0.15) is 0 Å². The first kappa shape index (κ1) is 19.2. The van der Waals surface area contributed by atoms with Crippen LogP contribution in [0, 0.1) is 0 Å². The lowest BCUT2D eigenvalue weighted by Crippen LogP contribution is -1.98. The number of esters is 2. The summed E-state index contributed by atoms with van der Waals surface area (Å²) in [6.45, 7) is 4.29. The normalized spacial score (nSPS) is 11.0. The molecule has 0 heterocycles. The van der Waals surface area contributed by atoms with Crippen LogP contribution in [0.5, 0.6) is 0 Å². The number of carbonyl (C=O) groups is 2. The number of carbonyl (C=O) groups excluding carboxylic acids is 2. The van der Waals surface area contributed by atoms with Crippen molar-refractivity contribution >= 4 is 24.1 Å². The minimum Gasteiger partial charge on any atom is -0.463 e. The third-order valence-electron chi connectivity index (χ3n) is 3.55. The van der Waals surface area contributed by atoms with Crippen molar-refractivity contribution in [3.63, 3.8) is 0 Å². The summed E-state index contributed by atoms with van der Waals surface area (Å²) >= 11 is 0. The number of hydrogen-bond acceptors (Lipinski definition) is 4. The molecular weight excluding hydrogens is 328 g/mol. The van der Waals surface area contributed by atoms with Crippen LogP contribution in [0.3, 0.4) is 0 Å². The molecule has 4 heteroatoms. The number of hydrogen-bond donors (Lipinski definition) is 0. The Balaban J connectivity index is 2.03. The Hall–Kier alpha value is -3.14. The van der Waals surface area contributed by atoms with Crippen molar-refractivity contribution in [2.24, 2.45) is 0 Å². The molecule has 0 atom stereocenters. The average molecular weight is 350 g/mol. The molecule has 0 saturated carbocycles. The molecule has 0 radical (unpaired) electrons. The van der Waals surface area contributed by atoms with Crippen molar-refractivity contribution < 1.29 is 19.1 Å². The highest BCUT2D eigenvalue weighted by molar-refractivity contribution is 5.87. The van der Waals surface area contributed by atoms with Gasteiger partial charge in [0.2, 0.25) is 0 Å². The molecule has 26 heavy (non-hydrogen) atoms. The van der Waals surface area contributed by atoms with Crippen molar-refractivity contribution in [3.8, 4) is 11.1 Å². The van der Waals surface area contributed by atoms with Gasteiger partial charge in [-0.15, -0.1) is 0 Å². The summed E-state index contributed by atoms with van der Waals surface area (Å²) in [6.07, 6.45) is 6.29. The third-order valence-corrected chi connectivity index (χ3v) is 3.55. The quantitative estimate of drug-likeness (QED) is 0.545. The first-order valence-corrected chi connectivity index (χ1v) is 8.52. The molecule has 0 N–H and O–H groups in total. The molecule has 0 amide bonds. The first-order chi connectivity index (χ1) is 12.6. The Bertz CT molecular complexity index is 714. The van der Waals surface area contributed by atoms with Crippen LogP contribution in [0.4, 0.5) is 0 Å². The van der Waals surface area contributed by atoms with E-state index in [0.29, 0.717) is 13.2 Å². The number of ether oxygens (including phenoxy) is 2. The van der Waals surface area contributed by atoms with Crippen LogP contribution in [0.2, 0.25) is 0 Å². The summed E-state index contributed by atoms with van der Waals surface area (Å²) in [5.41, 5.74) is 3.99. The molecule has 0 saturated heterocycles. The maximum atomic E-state index is 11.3. The summed E-state index contributed by atoms with van der Waals surface area (Å²) in [5, 5.41) is 0. The summed E-state index contributed by atoms with van der Waals surface area (Å²) in [4.78, 5) is 22.7. The van der Waals surface area contributed by atoms with Crippen LogP contribution >= 0.6 is 0 Å². The van der Waals surface area contributed by atoms with Crippen molar-refractivity contribution in [2.75, 3.05) is 13.2 Å². The van der Waals surface area contributed by atoms with E-state index in [1.807, 2.05) is 48.5 Å². The smallest absolute Gasteiger partial charge is 0.330 e. The second-order valence-electron chi connectivity index (χ2n) is 5.41. The molecule has 0 bridgehead atoms. The number of rotatable bonds is 7. The van der Waals surface area contributed by atoms with Gasteiger partial charge in [-0.1, -0.05) is 48.5 Å². The van der Waals surface area contributed by atoms with Crippen LogP contribution in [-0.2, 0) is 19.1 Å². The van der Waals surface area contributed by atoms with E-state index in [2.05, 4.69) is 0 Å². The second-order valence-corrected chi connectivity index (χ2v) is 5.41. The lowest BCUT2D eigenvalue weighted by molar-refractivity contribution is -0.138. The Morgan fingerprint density at radius 1 is 0.692 bits per heavy atom. The van der Waals surface area contributed by atoms with Gasteiger partial charge >= 0.3 is 11.9 Å². The molecule has 0 fully saturated rings. The fraction of sp³-hybridized carbons (Fsp3) is 0.182. The molecule has 0 aliphatic heterocycles. The Kier molecular flexibility index (Phi) is 7.37. The highest BCUT2D eigenvalue weighted by Gasteiger charge is 1.99. The van der Waals surface area contributed by atoms with E-state index in [1.54, 1.807) is 26.0 Å². The minimum absolute atomic E-state index is 0.344. The zero-order valence-corrected chi connectivity index (χ0v) is 15.0. The number of benzene rings is 2. The Morgan fingerprint density at radius 2 is 1.04 bits per heavy atom. The van der Waals surface area contributed by atoms with E-state index in [1.165, 1.54) is 12.2 Å². The molecule has 0 aliphatic rings. The molecule has 0 unspecified atom stereocenters. The highest BCUT2D eigenvalue weighted by Crippen LogP contribution is 2.21. The van der Waals surface area contributed by atoms with Gasteiger partial charge in [0.15, 0.2) is 0 Å². The predicted molar refractivity (Wildman–Crippen MR) is 103 cm³/mol. The van der Waals surface area contributed by atoms with Gasteiger partial charge in [0.05, 0.1) is 13.2 Å². The van der Waals surface area contributed by atoms with Gasteiger partial charge in [0, 0.05) is 12.2 Å². The van der Waals surface area contributed by atoms with Crippen molar-refractivity contribution in [3.05, 3.63) is 71.8 Å². The Morgan fingerprint density at radius 3 is 1.35 bits per heavy atom. The van der Waals surface area contributed by atoms with Gasteiger partial charge in [-0.05, 0) is 48.3 Å². The monoisotopic (exact) mass is 350 g/mol. The molecule has 4 nitrogen and oxygen atoms in total. The van der Waals surface area contributed by atoms with Crippen LogP contribution in [-0.4, -0.2) is 25.2 Å². The summed E-state index contributed by atoms with van der Waals surface area (Å²) in [7, 11) is 0. The van der Waals surface area contributed by atoms with Crippen LogP contribution in [0.1, 0.15) is 25.0 Å². The largest absolute Gasteiger partial charge is 0.463 e. The fourth-order valence-electron chi connectivity index (χ4n) is 2.28.